The van der Waals surface area contributed by atoms with Gasteiger partial charge in [-0.3, -0.25) is 9.59 Å². The summed E-state index contributed by atoms with van der Waals surface area (Å²) >= 11 is 1.34. The second-order valence-electron chi connectivity index (χ2n) is 5.55. The van der Waals surface area contributed by atoms with Crippen molar-refractivity contribution in [2.24, 2.45) is 0 Å². The van der Waals surface area contributed by atoms with Gasteiger partial charge in [-0.05, 0) is 17.7 Å². The van der Waals surface area contributed by atoms with Crippen molar-refractivity contribution in [3.8, 4) is 10.8 Å². The number of carbonyl (C=O) groups is 2. The largest absolute Gasteiger partial charge is 0.469 e. The van der Waals surface area contributed by atoms with Gasteiger partial charge in [-0.2, -0.15) is 0 Å². The minimum absolute atomic E-state index is 0.129. The molecule has 0 aliphatic carbocycles. The van der Waals surface area contributed by atoms with Crippen LogP contribution in [0.2, 0.25) is 0 Å². The Morgan fingerprint density at radius 2 is 2.00 bits per heavy atom. The van der Waals surface area contributed by atoms with Gasteiger partial charge in [-0.25, -0.2) is 4.98 Å². The zero-order chi connectivity index (χ0) is 18.4. The minimum Gasteiger partial charge on any atom is -0.469 e. The molecule has 0 saturated carbocycles. The summed E-state index contributed by atoms with van der Waals surface area (Å²) in [5, 5.41) is 2.35. The van der Waals surface area contributed by atoms with Gasteiger partial charge in [-0.1, -0.05) is 30.3 Å². The average molecular weight is 370 g/mol. The van der Waals surface area contributed by atoms with Crippen LogP contribution >= 0.6 is 11.3 Å². The molecule has 7 heteroatoms. The number of rotatable bonds is 7. The van der Waals surface area contributed by atoms with Crippen LogP contribution in [0.4, 0.5) is 0 Å². The highest BCUT2D eigenvalue weighted by atomic mass is 32.1. The SMILES string of the molecule is COC(=O)CCN(Cc1ccccc1)C(=O)c1csc(-c2ccco2)n1. The van der Waals surface area contributed by atoms with Crippen molar-refractivity contribution in [2.75, 3.05) is 13.7 Å². The van der Waals surface area contributed by atoms with Crippen LogP contribution in [-0.2, 0) is 16.1 Å². The molecule has 0 radical (unpaired) electrons. The molecule has 0 aliphatic heterocycles. The lowest BCUT2D eigenvalue weighted by atomic mass is 10.2. The first kappa shape index (κ1) is 17.9. The molecule has 0 unspecified atom stereocenters. The molecule has 0 N–H and O–H groups in total. The van der Waals surface area contributed by atoms with Crippen LogP contribution in [0.5, 0.6) is 0 Å². The quantitative estimate of drug-likeness (QED) is 0.594. The first-order valence-electron chi connectivity index (χ1n) is 8.07. The van der Waals surface area contributed by atoms with Crippen LogP contribution in [0.25, 0.3) is 10.8 Å². The summed E-state index contributed by atoms with van der Waals surface area (Å²) in [7, 11) is 1.34. The van der Waals surface area contributed by atoms with E-state index < -0.39 is 0 Å². The third kappa shape index (κ3) is 4.37. The van der Waals surface area contributed by atoms with Crippen LogP contribution in [0.15, 0.2) is 58.5 Å². The fraction of sp³-hybridized carbons (Fsp3) is 0.211. The fourth-order valence-corrected chi connectivity index (χ4v) is 3.19. The van der Waals surface area contributed by atoms with Gasteiger partial charge in [0.15, 0.2) is 10.8 Å². The minimum atomic E-state index is -0.356. The zero-order valence-corrected chi connectivity index (χ0v) is 15.1. The number of ether oxygens (including phenoxy) is 1. The van der Waals surface area contributed by atoms with E-state index in [0.717, 1.165) is 5.56 Å². The number of carbonyl (C=O) groups excluding carboxylic acids is 2. The molecule has 2 aromatic heterocycles. The van der Waals surface area contributed by atoms with Crippen molar-refractivity contribution in [1.82, 2.24) is 9.88 Å². The second kappa shape index (κ2) is 8.44. The van der Waals surface area contributed by atoms with Crippen LogP contribution < -0.4 is 0 Å². The van der Waals surface area contributed by atoms with Gasteiger partial charge in [0.25, 0.3) is 5.91 Å². The molecule has 134 valence electrons. The Balaban J connectivity index is 1.78. The Labute approximate surface area is 155 Å². The molecule has 0 fully saturated rings. The van der Waals surface area contributed by atoms with Gasteiger partial charge in [0.05, 0.1) is 19.8 Å². The number of aromatic nitrogens is 1. The standard InChI is InChI=1S/C19H18N2O4S/c1-24-17(22)9-10-21(12-14-6-3-2-4-7-14)19(23)15-13-26-18(20-15)16-8-5-11-25-16/h2-8,11,13H,9-10,12H2,1H3. The molecule has 26 heavy (non-hydrogen) atoms. The monoisotopic (exact) mass is 370 g/mol. The highest BCUT2D eigenvalue weighted by Crippen LogP contribution is 2.24. The summed E-state index contributed by atoms with van der Waals surface area (Å²) in [5.74, 6) is 0.0375. The average Bonchev–Trinajstić information content (AvgIpc) is 3.36. The van der Waals surface area contributed by atoms with E-state index in [-0.39, 0.29) is 24.8 Å². The number of benzene rings is 1. The number of nitrogens with zero attached hydrogens (tertiary/aromatic N) is 2. The van der Waals surface area contributed by atoms with Crippen molar-refractivity contribution in [1.29, 1.82) is 0 Å². The highest BCUT2D eigenvalue weighted by Gasteiger charge is 2.21. The lowest BCUT2D eigenvalue weighted by Crippen LogP contribution is -2.33. The van der Waals surface area contributed by atoms with Gasteiger partial charge < -0.3 is 14.1 Å². The van der Waals surface area contributed by atoms with E-state index in [4.69, 9.17) is 4.42 Å². The van der Waals surface area contributed by atoms with E-state index in [1.165, 1.54) is 18.4 Å². The van der Waals surface area contributed by atoms with E-state index in [1.807, 2.05) is 30.3 Å². The predicted octanol–water partition coefficient (Wildman–Crippen LogP) is 3.61. The van der Waals surface area contributed by atoms with E-state index in [9.17, 15) is 9.59 Å². The van der Waals surface area contributed by atoms with Gasteiger partial charge in [0.2, 0.25) is 0 Å². The molecule has 0 atom stereocenters. The summed E-state index contributed by atoms with van der Waals surface area (Å²) < 4.78 is 10.0. The maximum Gasteiger partial charge on any atom is 0.307 e. The van der Waals surface area contributed by atoms with Crippen molar-refractivity contribution >= 4 is 23.2 Å². The Kier molecular flexibility index (Phi) is 5.80. The number of hydrogen-bond acceptors (Lipinski definition) is 6. The molecule has 0 spiro atoms. The summed E-state index contributed by atoms with van der Waals surface area (Å²) in [5.41, 5.74) is 1.31. The molecule has 3 rings (SSSR count). The van der Waals surface area contributed by atoms with Crippen molar-refractivity contribution in [3.05, 3.63) is 65.4 Å². The van der Waals surface area contributed by atoms with E-state index in [2.05, 4.69) is 9.72 Å². The molecule has 0 aliphatic rings. The topological polar surface area (TPSA) is 72.6 Å². The molecule has 2 heterocycles. The van der Waals surface area contributed by atoms with E-state index in [0.29, 0.717) is 23.0 Å². The lowest BCUT2D eigenvalue weighted by molar-refractivity contribution is -0.140. The lowest BCUT2D eigenvalue weighted by Gasteiger charge is -2.21. The number of methoxy groups -OCH3 is 1. The molecule has 3 aromatic rings. The fourth-order valence-electron chi connectivity index (χ4n) is 2.43. The number of furan rings is 1. The molecule has 1 aromatic carbocycles. The molecule has 0 saturated heterocycles. The zero-order valence-electron chi connectivity index (χ0n) is 14.3. The molecule has 0 bridgehead atoms. The van der Waals surface area contributed by atoms with Crippen LogP contribution in [0.1, 0.15) is 22.5 Å². The van der Waals surface area contributed by atoms with Gasteiger partial charge in [-0.15, -0.1) is 11.3 Å². The highest BCUT2D eigenvalue weighted by molar-refractivity contribution is 7.13. The first-order valence-corrected chi connectivity index (χ1v) is 8.95. The van der Waals surface area contributed by atoms with Crippen LogP contribution in [0, 0.1) is 0 Å². The maximum atomic E-state index is 12.9. The summed E-state index contributed by atoms with van der Waals surface area (Å²) in [6.45, 7) is 0.651. The van der Waals surface area contributed by atoms with Gasteiger partial charge >= 0.3 is 5.97 Å². The van der Waals surface area contributed by atoms with Crippen molar-refractivity contribution in [2.45, 2.75) is 13.0 Å². The first-order chi connectivity index (χ1) is 12.7. The van der Waals surface area contributed by atoms with Crippen molar-refractivity contribution < 1.29 is 18.7 Å². The maximum absolute atomic E-state index is 12.9. The third-order valence-electron chi connectivity index (χ3n) is 3.77. The Morgan fingerprint density at radius 1 is 1.19 bits per heavy atom. The van der Waals surface area contributed by atoms with Crippen LogP contribution in [-0.4, -0.2) is 35.4 Å². The Morgan fingerprint density at radius 3 is 2.69 bits per heavy atom. The smallest absolute Gasteiger partial charge is 0.307 e. The predicted molar refractivity (Wildman–Crippen MR) is 97.6 cm³/mol. The number of hydrogen-bond donors (Lipinski definition) is 0. The second-order valence-corrected chi connectivity index (χ2v) is 6.41. The number of amides is 1. The van der Waals surface area contributed by atoms with E-state index in [1.54, 1.807) is 28.7 Å². The summed E-state index contributed by atoms with van der Waals surface area (Å²) in [4.78, 5) is 30.4. The molecular weight excluding hydrogens is 352 g/mol. The Hall–Kier alpha value is -2.93. The normalized spacial score (nSPS) is 10.5. The molecule has 6 nitrogen and oxygen atoms in total. The Bertz CT molecular complexity index is 859. The van der Waals surface area contributed by atoms with Crippen LogP contribution in [0.3, 0.4) is 0 Å². The van der Waals surface area contributed by atoms with Gasteiger partial charge in [0, 0.05) is 18.5 Å². The third-order valence-corrected chi connectivity index (χ3v) is 4.63. The van der Waals surface area contributed by atoms with E-state index >= 15 is 0 Å². The molecule has 1 amide bonds. The molecular formula is C19H18N2O4S. The van der Waals surface area contributed by atoms with Crippen molar-refractivity contribution in [3.63, 3.8) is 0 Å². The number of thiazole rings is 1. The number of esters is 1. The summed E-state index contributed by atoms with van der Waals surface area (Å²) in [6.07, 6.45) is 1.69. The summed E-state index contributed by atoms with van der Waals surface area (Å²) in [6, 6.07) is 13.2. The van der Waals surface area contributed by atoms with Gasteiger partial charge in [0.1, 0.15) is 5.69 Å².